The molecule has 82 valence electrons. The second kappa shape index (κ2) is 5.16. The monoisotopic (exact) mass is 272 g/mol. The molecule has 3 nitrogen and oxygen atoms in total. The molecule has 0 aliphatic rings. The lowest BCUT2D eigenvalue weighted by Gasteiger charge is -2.11. The van der Waals surface area contributed by atoms with Crippen molar-refractivity contribution in [1.29, 1.82) is 0 Å². The van der Waals surface area contributed by atoms with Crippen LogP contribution in [0.1, 0.15) is 17.5 Å². The van der Waals surface area contributed by atoms with Gasteiger partial charge >= 0.3 is 5.97 Å². The van der Waals surface area contributed by atoms with Crippen LogP contribution in [-0.2, 0) is 11.2 Å². The molecule has 0 bridgehead atoms. The first-order valence-corrected chi connectivity index (χ1v) is 5.39. The maximum Gasteiger partial charge on any atom is 0.303 e. The molecule has 0 heterocycles. The van der Waals surface area contributed by atoms with Crippen LogP contribution in [0, 0.1) is 6.92 Å². The Morgan fingerprint density at radius 3 is 2.73 bits per heavy atom. The zero-order valence-corrected chi connectivity index (χ0v) is 10.3. The highest BCUT2D eigenvalue weighted by atomic mass is 79.9. The highest BCUT2D eigenvalue weighted by Crippen LogP contribution is 2.32. The lowest BCUT2D eigenvalue weighted by atomic mass is 10.1. The highest BCUT2D eigenvalue weighted by Gasteiger charge is 2.10. The van der Waals surface area contributed by atoms with Crippen LogP contribution in [-0.4, -0.2) is 18.2 Å². The van der Waals surface area contributed by atoms with E-state index in [1.54, 1.807) is 7.11 Å². The summed E-state index contributed by atoms with van der Waals surface area (Å²) in [6.07, 6.45) is 0.600. The van der Waals surface area contributed by atoms with E-state index < -0.39 is 5.97 Å². The van der Waals surface area contributed by atoms with E-state index in [1.165, 1.54) is 0 Å². The van der Waals surface area contributed by atoms with Crippen molar-refractivity contribution in [3.8, 4) is 5.75 Å². The van der Waals surface area contributed by atoms with E-state index in [1.807, 2.05) is 19.1 Å². The Labute approximate surface area is 97.2 Å². The Balaban J connectivity index is 2.97. The van der Waals surface area contributed by atoms with Crippen molar-refractivity contribution >= 4 is 21.9 Å². The van der Waals surface area contributed by atoms with E-state index in [2.05, 4.69) is 15.9 Å². The average Bonchev–Trinajstić information content (AvgIpc) is 2.19. The number of carboxylic acid groups (broad SMARTS) is 1. The van der Waals surface area contributed by atoms with Crippen LogP contribution in [0.15, 0.2) is 16.6 Å². The summed E-state index contributed by atoms with van der Waals surface area (Å²) in [4.78, 5) is 10.5. The van der Waals surface area contributed by atoms with Crippen molar-refractivity contribution < 1.29 is 14.6 Å². The fourth-order valence-electron chi connectivity index (χ4n) is 1.35. The maximum atomic E-state index is 10.5. The Hall–Kier alpha value is -1.03. The molecule has 1 N–H and O–H groups in total. The normalized spacial score (nSPS) is 10.1. The number of methoxy groups -OCH3 is 1. The van der Waals surface area contributed by atoms with Crippen LogP contribution in [0.5, 0.6) is 5.75 Å². The molecule has 0 saturated carbocycles. The van der Waals surface area contributed by atoms with Crippen molar-refractivity contribution in [1.82, 2.24) is 0 Å². The van der Waals surface area contributed by atoms with Crippen LogP contribution >= 0.6 is 15.9 Å². The fourth-order valence-corrected chi connectivity index (χ4v) is 1.90. The van der Waals surface area contributed by atoms with Crippen LogP contribution in [0.2, 0.25) is 0 Å². The average molecular weight is 273 g/mol. The zero-order chi connectivity index (χ0) is 11.4. The molecule has 15 heavy (non-hydrogen) atoms. The van der Waals surface area contributed by atoms with Gasteiger partial charge in [-0.2, -0.15) is 0 Å². The van der Waals surface area contributed by atoms with E-state index >= 15 is 0 Å². The minimum Gasteiger partial charge on any atom is -0.495 e. The molecule has 1 aromatic carbocycles. The summed E-state index contributed by atoms with van der Waals surface area (Å²) >= 11 is 3.43. The number of rotatable bonds is 4. The summed E-state index contributed by atoms with van der Waals surface area (Å²) in [7, 11) is 1.59. The third kappa shape index (κ3) is 2.96. The molecule has 0 atom stereocenters. The van der Waals surface area contributed by atoms with Crippen molar-refractivity contribution in [2.75, 3.05) is 7.11 Å². The first-order chi connectivity index (χ1) is 7.06. The summed E-state index contributed by atoms with van der Waals surface area (Å²) in [6.45, 7) is 1.97. The fraction of sp³-hybridized carbons (Fsp3) is 0.364. The summed E-state index contributed by atoms with van der Waals surface area (Å²) in [5, 5.41) is 8.61. The topological polar surface area (TPSA) is 46.5 Å². The van der Waals surface area contributed by atoms with Crippen LogP contribution in [0.3, 0.4) is 0 Å². The van der Waals surface area contributed by atoms with E-state index in [9.17, 15) is 4.79 Å². The number of hydrogen-bond acceptors (Lipinski definition) is 2. The standard InChI is InChI=1S/C11H13BrO3/c1-7-3-4-8(5-6-9(13)14)11(15-2)10(7)12/h3-4H,5-6H2,1-2H3,(H,13,14). The molecule has 1 aromatic rings. The Morgan fingerprint density at radius 2 is 2.20 bits per heavy atom. The molecule has 0 fully saturated rings. The van der Waals surface area contributed by atoms with Crippen molar-refractivity contribution in [3.63, 3.8) is 0 Å². The highest BCUT2D eigenvalue weighted by molar-refractivity contribution is 9.10. The molecule has 0 aliphatic carbocycles. The van der Waals surface area contributed by atoms with Crippen LogP contribution < -0.4 is 4.74 Å². The third-order valence-corrected chi connectivity index (χ3v) is 3.17. The van der Waals surface area contributed by atoms with Gasteiger partial charge < -0.3 is 9.84 Å². The first-order valence-electron chi connectivity index (χ1n) is 4.60. The minimum absolute atomic E-state index is 0.117. The van der Waals surface area contributed by atoms with Crippen molar-refractivity contribution in [2.24, 2.45) is 0 Å². The number of aliphatic carboxylic acids is 1. The van der Waals surface area contributed by atoms with Crippen LogP contribution in [0.4, 0.5) is 0 Å². The Bertz CT molecular complexity index is 374. The number of halogens is 1. The molecule has 0 aromatic heterocycles. The predicted octanol–water partition coefficient (Wildman–Crippen LogP) is 2.78. The molecular weight excluding hydrogens is 260 g/mol. The predicted molar refractivity (Wildman–Crippen MR) is 61.4 cm³/mol. The molecule has 0 aliphatic heterocycles. The van der Waals surface area contributed by atoms with Gasteiger partial charge in [0.25, 0.3) is 0 Å². The molecule has 0 spiro atoms. The Kier molecular flexibility index (Phi) is 4.15. The van der Waals surface area contributed by atoms with Gasteiger partial charge in [0, 0.05) is 6.42 Å². The lowest BCUT2D eigenvalue weighted by molar-refractivity contribution is -0.136. The van der Waals surface area contributed by atoms with Gasteiger partial charge in [0.15, 0.2) is 0 Å². The third-order valence-electron chi connectivity index (χ3n) is 2.18. The molecule has 0 radical (unpaired) electrons. The van der Waals surface area contributed by atoms with E-state index in [4.69, 9.17) is 9.84 Å². The number of ether oxygens (including phenoxy) is 1. The summed E-state index contributed by atoms with van der Waals surface area (Å²) in [5.41, 5.74) is 1.99. The smallest absolute Gasteiger partial charge is 0.303 e. The van der Waals surface area contributed by atoms with Gasteiger partial charge in [0.1, 0.15) is 5.75 Å². The molecule has 0 saturated heterocycles. The van der Waals surface area contributed by atoms with Crippen molar-refractivity contribution in [3.05, 3.63) is 27.7 Å². The SMILES string of the molecule is COc1c(CCC(=O)O)ccc(C)c1Br. The summed E-state index contributed by atoms with van der Waals surface area (Å²) in [5.74, 6) is -0.0648. The zero-order valence-electron chi connectivity index (χ0n) is 8.71. The molecule has 1 rings (SSSR count). The number of benzene rings is 1. The van der Waals surface area contributed by atoms with Gasteiger partial charge in [-0.15, -0.1) is 0 Å². The molecule has 0 amide bonds. The maximum absolute atomic E-state index is 10.5. The molecular formula is C11H13BrO3. The van der Waals surface area contributed by atoms with Gasteiger partial charge in [0.2, 0.25) is 0 Å². The second-order valence-corrected chi connectivity index (χ2v) is 4.08. The number of carbonyl (C=O) groups is 1. The number of carboxylic acids is 1. The number of hydrogen-bond donors (Lipinski definition) is 1. The van der Waals surface area contributed by atoms with E-state index in [0.717, 1.165) is 21.3 Å². The van der Waals surface area contributed by atoms with Gasteiger partial charge in [-0.05, 0) is 40.4 Å². The van der Waals surface area contributed by atoms with E-state index in [0.29, 0.717) is 6.42 Å². The Morgan fingerprint density at radius 1 is 1.53 bits per heavy atom. The van der Waals surface area contributed by atoms with Crippen molar-refractivity contribution in [2.45, 2.75) is 19.8 Å². The lowest BCUT2D eigenvalue weighted by Crippen LogP contribution is -2.00. The van der Waals surface area contributed by atoms with E-state index in [-0.39, 0.29) is 6.42 Å². The first kappa shape index (κ1) is 12.0. The quantitative estimate of drug-likeness (QED) is 0.917. The minimum atomic E-state index is -0.797. The molecule has 4 heteroatoms. The second-order valence-electron chi connectivity index (χ2n) is 3.28. The van der Waals surface area contributed by atoms with Gasteiger partial charge in [-0.1, -0.05) is 12.1 Å². The van der Waals surface area contributed by atoms with Gasteiger partial charge in [-0.25, -0.2) is 0 Å². The van der Waals surface area contributed by atoms with Gasteiger partial charge in [0.05, 0.1) is 11.6 Å². The summed E-state index contributed by atoms with van der Waals surface area (Å²) < 4.78 is 6.15. The largest absolute Gasteiger partial charge is 0.495 e. The summed E-state index contributed by atoms with van der Waals surface area (Å²) in [6, 6.07) is 3.85. The molecule has 0 unspecified atom stereocenters. The van der Waals surface area contributed by atoms with Gasteiger partial charge in [-0.3, -0.25) is 4.79 Å². The van der Waals surface area contributed by atoms with Crippen LogP contribution in [0.25, 0.3) is 0 Å². The number of aryl methyl sites for hydroxylation is 2.